The number of aromatic nitrogens is 2. The van der Waals surface area contributed by atoms with Crippen molar-refractivity contribution >= 4 is 29.3 Å². The van der Waals surface area contributed by atoms with E-state index in [1.807, 2.05) is 0 Å². The van der Waals surface area contributed by atoms with Gasteiger partial charge in [0, 0.05) is 4.90 Å². The number of rotatable bonds is 3. The zero-order valence-electron chi connectivity index (χ0n) is 11.2. The molecular formula is C14H10ClN3O2S. The third-order valence-electron chi connectivity index (χ3n) is 2.92. The van der Waals surface area contributed by atoms with E-state index >= 15 is 0 Å². The van der Waals surface area contributed by atoms with Crippen LogP contribution in [-0.2, 0) is 0 Å². The molecule has 1 aromatic carbocycles. The standard InChI is InChI=1S/C14H10ClN3O2S/c1-7-8(2)17-18-13(11(7)6-16)21-9-3-4-12(15)10(5-9)14(19)20/h3-5H,1-2H3,(H,19,20). The summed E-state index contributed by atoms with van der Waals surface area (Å²) in [6.07, 6.45) is 0. The summed E-state index contributed by atoms with van der Waals surface area (Å²) in [6.45, 7) is 3.58. The van der Waals surface area contributed by atoms with Crippen LogP contribution in [0.3, 0.4) is 0 Å². The van der Waals surface area contributed by atoms with Crippen molar-refractivity contribution in [3.05, 3.63) is 45.6 Å². The number of nitriles is 1. The Morgan fingerprint density at radius 2 is 2.10 bits per heavy atom. The summed E-state index contributed by atoms with van der Waals surface area (Å²) in [5.74, 6) is -1.10. The van der Waals surface area contributed by atoms with Gasteiger partial charge in [-0.3, -0.25) is 0 Å². The number of aromatic carboxylic acids is 1. The van der Waals surface area contributed by atoms with Gasteiger partial charge in [-0.1, -0.05) is 23.4 Å². The first kappa shape index (κ1) is 15.3. The van der Waals surface area contributed by atoms with E-state index in [0.29, 0.717) is 21.2 Å². The number of hydrogen-bond donors (Lipinski definition) is 1. The first-order chi connectivity index (χ1) is 9.93. The molecule has 0 spiro atoms. The van der Waals surface area contributed by atoms with Gasteiger partial charge in [0.2, 0.25) is 0 Å². The zero-order chi connectivity index (χ0) is 15.6. The molecule has 1 aromatic heterocycles. The van der Waals surface area contributed by atoms with E-state index < -0.39 is 5.97 Å². The molecule has 0 atom stereocenters. The van der Waals surface area contributed by atoms with Crippen molar-refractivity contribution in [2.45, 2.75) is 23.8 Å². The summed E-state index contributed by atoms with van der Waals surface area (Å²) in [5, 5.41) is 26.9. The van der Waals surface area contributed by atoms with E-state index in [1.165, 1.54) is 23.9 Å². The molecule has 0 radical (unpaired) electrons. The summed E-state index contributed by atoms with van der Waals surface area (Å²) in [7, 11) is 0. The van der Waals surface area contributed by atoms with Crippen molar-refractivity contribution in [3.8, 4) is 6.07 Å². The van der Waals surface area contributed by atoms with Crippen molar-refractivity contribution in [2.75, 3.05) is 0 Å². The lowest BCUT2D eigenvalue weighted by molar-refractivity contribution is 0.0697. The second kappa shape index (κ2) is 6.12. The number of hydrogen-bond acceptors (Lipinski definition) is 5. The third kappa shape index (κ3) is 3.15. The monoisotopic (exact) mass is 319 g/mol. The van der Waals surface area contributed by atoms with Crippen LogP contribution < -0.4 is 0 Å². The van der Waals surface area contributed by atoms with Gasteiger partial charge in [0.25, 0.3) is 0 Å². The highest BCUT2D eigenvalue weighted by atomic mass is 35.5. The Morgan fingerprint density at radius 3 is 2.71 bits per heavy atom. The summed E-state index contributed by atoms with van der Waals surface area (Å²) in [5.41, 5.74) is 1.91. The minimum absolute atomic E-state index is 0.0111. The molecule has 1 N–H and O–H groups in total. The van der Waals surface area contributed by atoms with Gasteiger partial charge in [-0.25, -0.2) is 4.79 Å². The first-order valence-corrected chi connectivity index (χ1v) is 7.08. The van der Waals surface area contributed by atoms with Gasteiger partial charge in [-0.05, 0) is 37.6 Å². The molecule has 1 heterocycles. The molecule has 0 aliphatic carbocycles. The average Bonchev–Trinajstić information content (AvgIpc) is 2.45. The molecule has 0 bridgehead atoms. The maximum Gasteiger partial charge on any atom is 0.337 e. The summed E-state index contributed by atoms with van der Waals surface area (Å²) in [4.78, 5) is 11.7. The second-order valence-electron chi connectivity index (χ2n) is 4.25. The molecule has 2 aromatic rings. The van der Waals surface area contributed by atoms with Crippen molar-refractivity contribution in [1.29, 1.82) is 5.26 Å². The molecule has 0 fully saturated rings. The maximum atomic E-state index is 11.1. The maximum absolute atomic E-state index is 11.1. The predicted molar refractivity (Wildman–Crippen MR) is 78.8 cm³/mol. The molecule has 21 heavy (non-hydrogen) atoms. The highest BCUT2D eigenvalue weighted by molar-refractivity contribution is 7.99. The van der Waals surface area contributed by atoms with Gasteiger partial charge in [0.15, 0.2) is 0 Å². The molecule has 7 heteroatoms. The number of halogens is 1. The van der Waals surface area contributed by atoms with Crippen LogP contribution >= 0.6 is 23.4 Å². The van der Waals surface area contributed by atoms with Crippen LogP contribution in [0.1, 0.15) is 27.2 Å². The van der Waals surface area contributed by atoms with Gasteiger partial charge in [-0.15, -0.1) is 5.10 Å². The SMILES string of the molecule is Cc1nnc(Sc2ccc(Cl)c(C(=O)O)c2)c(C#N)c1C. The third-order valence-corrected chi connectivity index (χ3v) is 4.22. The lowest BCUT2D eigenvalue weighted by Crippen LogP contribution is -2.00. The van der Waals surface area contributed by atoms with Crippen molar-refractivity contribution in [3.63, 3.8) is 0 Å². The number of benzene rings is 1. The molecule has 5 nitrogen and oxygen atoms in total. The molecule has 0 saturated heterocycles. The molecule has 0 aliphatic rings. The van der Waals surface area contributed by atoms with Gasteiger partial charge in [-0.2, -0.15) is 10.4 Å². The molecule has 0 aliphatic heterocycles. The Hall–Kier alpha value is -2.10. The van der Waals surface area contributed by atoms with Crippen molar-refractivity contribution in [1.82, 2.24) is 10.2 Å². The van der Waals surface area contributed by atoms with Crippen LogP contribution in [0.15, 0.2) is 28.1 Å². The highest BCUT2D eigenvalue weighted by Crippen LogP contribution is 2.32. The van der Waals surface area contributed by atoms with Crippen molar-refractivity contribution < 1.29 is 9.90 Å². The van der Waals surface area contributed by atoms with Gasteiger partial charge in [0.1, 0.15) is 11.1 Å². The smallest absolute Gasteiger partial charge is 0.337 e. The molecule has 106 valence electrons. The molecule has 0 amide bonds. The first-order valence-electron chi connectivity index (χ1n) is 5.88. The topological polar surface area (TPSA) is 86.9 Å². The molecule has 0 saturated carbocycles. The number of carbonyl (C=O) groups is 1. The van der Waals surface area contributed by atoms with Gasteiger partial charge >= 0.3 is 5.97 Å². The Labute approximate surface area is 130 Å². The Kier molecular flexibility index (Phi) is 4.46. The fourth-order valence-corrected chi connectivity index (χ4v) is 2.75. The average molecular weight is 320 g/mol. The number of carboxylic acids is 1. The lowest BCUT2D eigenvalue weighted by Gasteiger charge is -2.07. The van der Waals surface area contributed by atoms with Crippen LogP contribution in [0.4, 0.5) is 0 Å². The van der Waals surface area contributed by atoms with E-state index in [9.17, 15) is 10.1 Å². The Balaban J connectivity index is 2.44. The summed E-state index contributed by atoms with van der Waals surface area (Å²) < 4.78 is 0. The van der Waals surface area contributed by atoms with Crippen LogP contribution in [0, 0.1) is 25.2 Å². The highest BCUT2D eigenvalue weighted by Gasteiger charge is 2.14. The fraction of sp³-hybridized carbons (Fsp3) is 0.143. The van der Waals surface area contributed by atoms with E-state index in [-0.39, 0.29) is 10.6 Å². The number of nitrogens with zero attached hydrogens (tertiary/aromatic N) is 3. The van der Waals surface area contributed by atoms with Gasteiger partial charge in [0.05, 0.1) is 21.8 Å². The predicted octanol–water partition coefficient (Wildman–Crippen LogP) is 3.47. The summed E-state index contributed by atoms with van der Waals surface area (Å²) >= 11 is 7.01. The van der Waals surface area contributed by atoms with E-state index in [0.717, 1.165) is 5.56 Å². The Bertz CT molecular complexity index is 772. The molecule has 2 rings (SSSR count). The zero-order valence-corrected chi connectivity index (χ0v) is 12.8. The van der Waals surface area contributed by atoms with Crippen molar-refractivity contribution in [2.24, 2.45) is 0 Å². The summed E-state index contributed by atoms with van der Waals surface area (Å²) in [6, 6.07) is 6.75. The van der Waals surface area contributed by atoms with Gasteiger partial charge < -0.3 is 5.11 Å². The number of carboxylic acid groups (broad SMARTS) is 1. The molecular weight excluding hydrogens is 310 g/mol. The van der Waals surface area contributed by atoms with Crippen LogP contribution in [0.5, 0.6) is 0 Å². The fourth-order valence-electron chi connectivity index (χ4n) is 1.63. The molecule has 0 unspecified atom stereocenters. The normalized spacial score (nSPS) is 10.2. The second-order valence-corrected chi connectivity index (χ2v) is 5.72. The minimum atomic E-state index is -1.10. The van der Waals surface area contributed by atoms with Crippen LogP contribution in [0.25, 0.3) is 0 Å². The van der Waals surface area contributed by atoms with Crippen LogP contribution in [-0.4, -0.2) is 21.3 Å². The quantitative estimate of drug-likeness (QED) is 0.932. The lowest BCUT2D eigenvalue weighted by atomic mass is 10.1. The van der Waals surface area contributed by atoms with E-state index in [2.05, 4.69) is 16.3 Å². The van der Waals surface area contributed by atoms with E-state index in [1.54, 1.807) is 19.9 Å². The minimum Gasteiger partial charge on any atom is -0.478 e. The number of aryl methyl sites for hydroxylation is 1. The Morgan fingerprint density at radius 1 is 1.38 bits per heavy atom. The van der Waals surface area contributed by atoms with Crippen LogP contribution in [0.2, 0.25) is 5.02 Å². The largest absolute Gasteiger partial charge is 0.478 e. The van der Waals surface area contributed by atoms with E-state index in [4.69, 9.17) is 16.7 Å².